The van der Waals surface area contributed by atoms with Crippen LogP contribution in [0.15, 0.2) is 22.8 Å². The van der Waals surface area contributed by atoms with E-state index < -0.39 is 0 Å². The summed E-state index contributed by atoms with van der Waals surface area (Å²) in [6, 6.07) is 3.74. The predicted octanol–water partition coefficient (Wildman–Crippen LogP) is 3.02. The van der Waals surface area contributed by atoms with Gasteiger partial charge in [-0.3, -0.25) is 9.89 Å². The summed E-state index contributed by atoms with van der Waals surface area (Å²) in [6.45, 7) is 1.85. The molecule has 4 rings (SSSR count). The van der Waals surface area contributed by atoms with Crippen LogP contribution in [0.25, 0.3) is 10.9 Å². The van der Waals surface area contributed by atoms with Crippen molar-refractivity contribution in [2.24, 2.45) is 0 Å². The molecule has 23 heavy (non-hydrogen) atoms. The second-order valence-electron chi connectivity index (χ2n) is 5.62. The van der Waals surface area contributed by atoms with Crippen LogP contribution in [0.3, 0.4) is 0 Å². The smallest absolute Gasteiger partial charge is 0.284 e. The van der Waals surface area contributed by atoms with Crippen molar-refractivity contribution < 1.29 is 4.79 Å². The Balaban J connectivity index is 1.59. The quantitative estimate of drug-likeness (QED) is 0.703. The molecule has 1 amide bonds. The number of hydrogen-bond donors (Lipinski definition) is 2. The van der Waals surface area contributed by atoms with Crippen molar-refractivity contribution >= 4 is 49.8 Å². The van der Waals surface area contributed by atoms with Crippen molar-refractivity contribution in [1.29, 1.82) is 0 Å². The van der Waals surface area contributed by atoms with Gasteiger partial charge in [0.2, 0.25) is 0 Å². The fraction of sp³-hybridized carbons (Fsp3) is 0.267. The number of amides is 1. The lowest BCUT2D eigenvalue weighted by atomic mass is 10.2. The number of carbonyl (C=O) groups is 1. The van der Waals surface area contributed by atoms with Crippen LogP contribution >= 0.6 is 27.3 Å². The van der Waals surface area contributed by atoms with Crippen LogP contribution in [0, 0.1) is 0 Å². The third kappa shape index (κ3) is 2.77. The number of carbonyl (C=O) groups excluding carboxylic acids is 1. The number of H-pyrrole nitrogens is 1. The summed E-state index contributed by atoms with van der Waals surface area (Å²) < 4.78 is 0.888. The van der Waals surface area contributed by atoms with Crippen LogP contribution in [0.1, 0.15) is 20.4 Å². The minimum atomic E-state index is -0.169. The highest BCUT2D eigenvalue weighted by molar-refractivity contribution is 9.10. The predicted molar refractivity (Wildman–Crippen MR) is 93.9 cm³/mol. The van der Waals surface area contributed by atoms with Crippen LogP contribution in [0.2, 0.25) is 0 Å². The first kappa shape index (κ1) is 14.8. The molecule has 0 spiro atoms. The van der Waals surface area contributed by atoms with Gasteiger partial charge in [-0.1, -0.05) is 0 Å². The molecule has 2 aromatic heterocycles. The van der Waals surface area contributed by atoms with Crippen LogP contribution in [0.5, 0.6) is 0 Å². The first-order chi connectivity index (χ1) is 11.1. The highest BCUT2D eigenvalue weighted by atomic mass is 79.9. The van der Waals surface area contributed by atoms with E-state index in [2.05, 4.69) is 48.4 Å². The van der Waals surface area contributed by atoms with Gasteiger partial charge in [0.25, 0.3) is 5.91 Å². The minimum Gasteiger partial charge on any atom is -0.320 e. The van der Waals surface area contributed by atoms with Gasteiger partial charge in [0.15, 0.2) is 5.01 Å². The maximum atomic E-state index is 12.5. The lowest BCUT2D eigenvalue weighted by Crippen LogP contribution is -2.25. The van der Waals surface area contributed by atoms with Crippen LogP contribution < -0.4 is 5.32 Å². The maximum Gasteiger partial charge on any atom is 0.284 e. The van der Waals surface area contributed by atoms with Gasteiger partial charge in [0.05, 0.1) is 17.4 Å². The monoisotopic (exact) mass is 391 g/mol. The molecule has 1 aromatic carbocycles. The van der Waals surface area contributed by atoms with Gasteiger partial charge < -0.3 is 10.2 Å². The van der Waals surface area contributed by atoms with Crippen molar-refractivity contribution in [2.75, 3.05) is 18.9 Å². The number of anilines is 1. The van der Waals surface area contributed by atoms with Gasteiger partial charge in [0, 0.05) is 39.9 Å². The third-order valence-corrected chi connectivity index (χ3v) is 5.62. The van der Waals surface area contributed by atoms with E-state index in [0.717, 1.165) is 40.6 Å². The molecule has 0 bridgehead atoms. The first-order valence-electron chi connectivity index (χ1n) is 7.21. The lowest BCUT2D eigenvalue weighted by Gasteiger charge is -2.20. The molecule has 8 heteroatoms. The molecule has 0 saturated carbocycles. The minimum absolute atomic E-state index is 0.169. The number of aromatic nitrogens is 3. The Morgan fingerprint density at radius 3 is 3.22 bits per heavy atom. The van der Waals surface area contributed by atoms with Crippen molar-refractivity contribution in [3.63, 3.8) is 0 Å². The molecule has 0 radical (unpaired) electrons. The molecule has 118 valence electrons. The Labute approximate surface area is 145 Å². The Morgan fingerprint density at radius 1 is 1.48 bits per heavy atom. The van der Waals surface area contributed by atoms with Crippen molar-refractivity contribution in [1.82, 2.24) is 20.1 Å². The number of halogens is 1. The number of likely N-dealkylation sites (N-methyl/N-ethyl adjacent to an activating group) is 1. The van der Waals surface area contributed by atoms with Crippen molar-refractivity contribution in [2.45, 2.75) is 13.0 Å². The van der Waals surface area contributed by atoms with Gasteiger partial charge in [-0.25, -0.2) is 4.98 Å². The molecule has 1 aliphatic heterocycles. The molecule has 0 fully saturated rings. The highest BCUT2D eigenvalue weighted by Crippen LogP contribution is 2.28. The zero-order chi connectivity index (χ0) is 16.0. The topological polar surface area (TPSA) is 73.9 Å². The van der Waals surface area contributed by atoms with Crippen LogP contribution in [0.4, 0.5) is 5.69 Å². The number of thiazole rings is 1. The molecular weight excluding hydrogens is 378 g/mol. The lowest BCUT2D eigenvalue weighted by molar-refractivity contribution is 0.102. The van der Waals surface area contributed by atoms with E-state index in [-0.39, 0.29) is 5.91 Å². The van der Waals surface area contributed by atoms with E-state index in [1.54, 1.807) is 6.20 Å². The standard InChI is InChI=1S/C15H14BrN5OS/c1-21-3-2-11-13(7-21)23-15(19-11)14(22)18-8-4-10(16)9-6-17-20-12(9)5-8/h4-6H,2-3,7H2,1H3,(H,17,20)(H,18,22). The summed E-state index contributed by atoms with van der Waals surface area (Å²) in [5.41, 5.74) is 2.64. The third-order valence-electron chi connectivity index (χ3n) is 3.88. The number of benzene rings is 1. The summed E-state index contributed by atoms with van der Waals surface area (Å²) in [6.07, 6.45) is 2.65. The second-order valence-corrected chi connectivity index (χ2v) is 7.56. The average molecular weight is 392 g/mol. The molecule has 0 saturated heterocycles. The molecule has 2 N–H and O–H groups in total. The molecule has 3 heterocycles. The summed E-state index contributed by atoms with van der Waals surface area (Å²) in [4.78, 5) is 20.4. The van der Waals surface area contributed by atoms with E-state index in [9.17, 15) is 4.79 Å². The highest BCUT2D eigenvalue weighted by Gasteiger charge is 2.21. The number of aromatic amines is 1. The molecule has 6 nitrogen and oxygen atoms in total. The normalized spacial score (nSPS) is 14.9. The van der Waals surface area contributed by atoms with Gasteiger partial charge in [-0.15, -0.1) is 11.3 Å². The summed E-state index contributed by atoms with van der Waals surface area (Å²) in [5, 5.41) is 11.3. The van der Waals surface area contributed by atoms with Crippen LogP contribution in [-0.4, -0.2) is 39.6 Å². The Hall–Kier alpha value is -1.77. The average Bonchev–Trinajstić information content (AvgIpc) is 3.13. The molecule has 0 unspecified atom stereocenters. The number of hydrogen-bond acceptors (Lipinski definition) is 5. The van der Waals surface area contributed by atoms with Crippen molar-refractivity contribution in [3.8, 4) is 0 Å². The molecule has 0 aliphatic carbocycles. The Morgan fingerprint density at radius 2 is 2.35 bits per heavy atom. The van der Waals surface area contributed by atoms with Gasteiger partial charge in [-0.2, -0.15) is 5.10 Å². The second kappa shape index (κ2) is 5.70. The number of rotatable bonds is 2. The zero-order valence-electron chi connectivity index (χ0n) is 12.4. The number of nitrogens with zero attached hydrogens (tertiary/aromatic N) is 3. The van der Waals surface area contributed by atoms with Crippen LogP contribution in [-0.2, 0) is 13.0 Å². The molecule has 0 atom stereocenters. The van der Waals surface area contributed by atoms with E-state index >= 15 is 0 Å². The Bertz CT molecular complexity index is 903. The van der Waals surface area contributed by atoms with Gasteiger partial charge in [0.1, 0.15) is 0 Å². The van der Waals surface area contributed by atoms with Gasteiger partial charge in [-0.05, 0) is 35.1 Å². The fourth-order valence-electron chi connectivity index (χ4n) is 2.68. The van der Waals surface area contributed by atoms with Crippen molar-refractivity contribution in [3.05, 3.63) is 38.4 Å². The van der Waals surface area contributed by atoms with E-state index in [1.165, 1.54) is 16.2 Å². The number of fused-ring (bicyclic) bond motifs is 2. The molecule has 3 aromatic rings. The first-order valence-corrected chi connectivity index (χ1v) is 8.82. The molecule has 1 aliphatic rings. The summed E-state index contributed by atoms with van der Waals surface area (Å²) in [7, 11) is 2.08. The number of nitrogens with one attached hydrogen (secondary N) is 2. The largest absolute Gasteiger partial charge is 0.320 e. The SMILES string of the molecule is CN1CCc2nc(C(=O)Nc3cc(Br)c4cn[nH]c4c3)sc2C1. The fourth-order valence-corrected chi connectivity index (χ4v) is 4.33. The Kier molecular flexibility index (Phi) is 3.67. The van der Waals surface area contributed by atoms with Gasteiger partial charge >= 0.3 is 0 Å². The van der Waals surface area contributed by atoms with E-state index in [1.807, 2.05) is 12.1 Å². The molecular formula is C15H14BrN5OS. The maximum absolute atomic E-state index is 12.5. The summed E-state index contributed by atoms with van der Waals surface area (Å²) >= 11 is 4.98. The van der Waals surface area contributed by atoms with E-state index in [4.69, 9.17) is 0 Å². The summed E-state index contributed by atoms with van der Waals surface area (Å²) in [5.74, 6) is -0.169. The van der Waals surface area contributed by atoms with E-state index in [0.29, 0.717) is 10.7 Å². The zero-order valence-corrected chi connectivity index (χ0v) is 14.8.